The van der Waals surface area contributed by atoms with Gasteiger partial charge in [-0.15, -0.1) is 0 Å². The highest BCUT2D eigenvalue weighted by Gasteiger charge is 2.22. The number of amides is 1. The number of nitrogens with one attached hydrogen (secondary N) is 1. The van der Waals surface area contributed by atoms with E-state index in [1.165, 1.54) is 12.8 Å². The van der Waals surface area contributed by atoms with E-state index in [1.54, 1.807) is 0 Å². The summed E-state index contributed by atoms with van der Waals surface area (Å²) in [6.07, 6.45) is 4.41. The average Bonchev–Trinajstić information content (AvgIpc) is 3.02. The van der Waals surface area contributed by atoms with Crippen LogP contribution in [0.25, 0.3) is 0 Å². The summed E-state index contributed by atoms with van der Waals surface area (Å²) in [5.41, 5.74) is 1.04. The van der Waals surface area contributed by atoms with E-state index in [0.29, 0.717) is 19.8 Å². The van der Waals surface area contributed by atoms with Crippen LogP contribution in [0.15, 0.2) is 18.2 Å². The Morgan fingerprint density at radius 1 is 1.14 bits per heavy atom. The second kappa shape index (κ2) is 7.91. The molecule has 0 aliphatic heterocycles. The lowest BCUT2D eigenvalue weighted by molar-refractivity contribution is -0.124. The van der Waals surface area contributed by atoms with Crippen LogP contribution in [0.3, 0.4) is 0 Å². The fourth-order valence-electron chi connectivity index (χ4n) is 2.73. The Morgan fingerprint density at radius 2 is 1.81 bits per heavy atom. The lowest BCUT2D eigenvalue weighted by Crippen LogP contribution is -2.28. The zero-order valence-electron chi connectivity index (χ0n) is 13.0. The molecule has 0 aromatic heterocycles. The minimum absolute atomic E-state index is 0.180. The van der Waals surface area contributed by atoms with Gasteiger partial charge in [0, 0.05) is 12.5 Å². The van der Waals surface area contributed by atoms with Gasteiger partial charge in [-0.2, -0.15) is 0 Å². The Labute approximate surface area is 126 Å². The highest BCUT2D eigenvalue weighted by molar-refractivity contribution is 5.78. The molecule has 1 aliphatic rings. The van der Waals surface area contributed by atoms with Gasteiger partial charge in [-0.25, -0.2) is 0 Å². The molecule has 1 fully saturated rings. The molecular formula is C17H25NO3. The molecule has 0 spiro atoms. The maximum absolute atomic E-state index is 12.0. The van der Waals surface area contributed by atoms with Crippen LogP contribution < -0.4 is 14.8 Å². The molecule has 4 nitrogen and oxygen atoms in total. The third kappa shape index (κ3) is 4.38. The van der Waals surface area contributed by atoms with E-state index in [-0.39, 0.29) is 11.8 Å². The molecule has 0 saturated heterocycles. The van der Waals surface area contributed by atoms with Gasteiger partial charge in [-0.05, 0) is 44.4 Å². The fourth-order valence-corrected chi connectivity index (χ4v) is 2.73. The van der Waals surface area contributed by atoms with E-state index in [4.69, 9.17) is 9.47 Å². The van der Waals surface area contributed by atoms with E-state index < -0.39 is 0 Å². The molecule has 1 aromatic carbocycles. The van der Waals surface area contributed by atoms with Crippen LogP contribution in [0.2, 0.25) is 0 Å². The lowest BCUT2D eigenvalue weighted by Gasteiger charge is -2.14. The molecule has 1 aliphatic carbocycles. The molecule has 0 bridgehead atoms. The predicted octanol–water partition coefficient (Wildman–Crippen LogP) is 3.29. The summed E-state index contributed by atoms with van der Waals surface area (Å²) in [5, 5.41) is 3.03. The smallest absolute Gasteiger partial charge is 0.223 e. The number of hydrogen-bond acceptors (Lipinski definition) is 3. The molecule has 0 heterocycles. The van der Waals surface area contributed by atoms with Crippen molar-refractivity contribution in [3.8, 4) is 11.5 Å². The molecule has 1 saturated carbocycles. The Kier molecular flexibility index (Phi) is 5.90. The van der Waals surface area contributed by atoms with Crippen LogP contribution in [0.4, 0.5) is 0 Å². The summed E-state index contributed by atoms with van der Waals surface area (Å²) in [6, 6.07) is 5.83. The third-order valence-electron chi connectivity index (χ3n) is 3.80. The summed E-state index contributed by atoms with van der Waals surface area (Å²) in [4.78, 5) is 12.0. The highest BCUT2D eigenvalue weighted by atomic mass is 16.5. The molecule has 116 valence electrons. The predicted molar refractivity (Wildman–Crippen MR) is 82.6 cm³/mol. The van der Waals surface area contributed by atoms with Crippen molar-refractivity contribution in [2.24, 2.45) is 5.92 Å². The average molecular weight is 291 g/mol. The maximum atomic E-state index is 12.0. The Balaban J connectivity index is 1.95. The van der Waals surface area contributed by atoms with Crippen molar-refractivity contribution < 1.29 is 14.3 Å². The van der Waals surface area contributed by atoms with E-state index >= 15 is 0 Å². The van der Waals surface area contributed by atoms with Gasteiger partial charge < -0.3 is 14.8 Å². The fraction of sp³-hybridized carbons (Fsp3) is 0.588. The van der Waals surface area contributed by atoms with E-state index in [9.17, 15) is 4.79 Å². The van der Waals surface area contributed by atoms with E-state index in [2.05, 4.69) is 5.32 Å². The lowest BCUT2D eigenvalue weighted by atomic mass is 10.1. The number of carbonyl (C=O) groups is 1. The van der Waals surface area contributed by atoms with Crippen LogP contribution in [0, 0.1) is 5.92 Å². The van der Waals surface area contributed by atoms with Crippen LogP contribution in [-0.4, -0.2) is 19.1 Å². The van der Waals surface area contributed by atoms with Gasteiger partial charge in [-0.1, -0.05) is 18.9 Å². The highest BCUT2D eigenvalue weighted by Crippen LogP contribution is 2.29. The number of rotatable bonds is 7. The largest absolute Gasteiger partial charge is 0.490 e. The normalized spacial score (nSPS) is 15.0. The third-order valence-corrected chi connectivity index (χ3v) is 3.80. The van der Waals surface area contributed by atoms with Crippen molar-refractivity contribution in [3.63, 3.8) is 0 Å². The Hall–Kier alpha value is -1.71. The van der Waals surface area contributed by atoms with Gasteiger partial charge >= 0.3 is 0 Å². The SMILES string of the molecule is CCOc1ccc(CNC(=O)C2CCCC2)cc1OCC. The maximum Gasteiger partial charge on any atom is 0.223 e. The van der Waals surface area contributed by atoms with Crippen LogP contribution in [0.1, 0.15) is 45.1 Å². The van der Waals surface area contributed by atoms with Crippen molar-refractivity contribution >= 4 is 5.91 Å². The van der Waals surface area contributed by atoms with Crippen molar-refractivity contribution in [3.05, 3.63) is 23.8 Å². The molecule has 2 rings (SSSR count). The minimum atomic E-state index is 0.180. The topological polar surface area (TPSA) is 47.6 Å². The summed E-state index contributed by atoms with van der Waals surface area (Å²) in [6.45, 7) is 5.65. The second-order valence-corrected chi connectivity index (χ2v) is 5.35. The second-order valence-electron chi connectivity index (χ2n) is 5.35. The van der Waals surface area contributed by atoms with Crippen molar-refractivity contribution in [2.75, 3.05) is 13.2 Å². The van der Waals surface area contributed by atoms with E-state index in [1.807, 2.05) is 32.0 Å². The minimum Gasteiger partial charge on any atom is -0.490 e. The summed E-state index contributed by atoms with van der Waals surface area (Å²) >= 11 is 0. The van der Waals surface area contributed by atoms with Gasteiger partial charge in [0.05, 0.1) is 13.2 Å². The molecule has 21 heavy (non-hydrogen) atoms. The molecule has 1 aromatic rings. The zero-order valence-corrected chi connectivity index (χ0v) is 13.0. The number of carbonyl (C=O) groups excluding carboxylic acids is 1. The van der Waals surface area contributed by atoms with Crippen molar-refractivity contribution in [1.82, 2.24) is 5.32 Å². The first kappa shape index (κ1) is 15.7. The Morgan fingerprint density at radius 3 is 2.48 bits per heavy atom. The van der Waals surface area contributed by atoms with Gasteiger partial charge in [0.25, 0.3) is 0 Å². The molecule has 4 heteroatoms. The molecule has 0 radical (unpaired) electrons. The molecule has 1 N–H and O–H groups in total. The van der Waals surface area contributed by atoms with Gasteiger partial charge in [0.1, 0.15) is 0 Å². The van der Waals surface area contributed by atoms with E-state index in [0.717, 1.165) is 29.9 Å². The van der Waals surface area contributed by atoms with Crippen LogP contribution in [-0.2, 0) is 11.3 Å². The molecule has 0 atom stereocenters. The zero-order chi connectivity index (χ0) is 15.1. The van der Waals surface area contributed by atoms with Crippen molar-refractivity contribution in [2.45, 2.75) is 46.1 Å². The first-order valence-electron chi connectivity index (χ1n) is 7.90. The van der Waals surface area contributed by atoms with Gasteiger partial charge in [0.15, 0.2) is 11.5 Å². The monoisotopic (exact) mass is 291 g/mol. The van der Waals surface area contributed by atoms with Gasteiger partial charge in [-0.3, -0.25) is 4.79 Å². The molecule has 1 amide bonds. The van der Waals surface area contributed by atoms with Crippen LogP contribution >= 0.6 is 0 Å². The number of hydrogen-bond donors (Lipinski definition) is 1. The summed E-state index contributed by atoms with van der Waals surface area (Å²) in [5.74, 6) is 1.88. The first-order chi connectivity index (χ1) is 10.2. The summed E-state index contributed by atoms with van der Waals surface area (Å²) in [7, 11) is 0. The number of benzene rings is 1. The number of ether oxygens (including phenoxy) is 2. The molecular weight excluding hydrogens is 266 g/mol. The molecule has 0 unspecified atom stereocenters. The quantitative estimate of drug-likeness (QED) is 0.838. The van der Waals surface area contributed by atoms with Crippen LogP contribution in [0.5, 0.6) is 11.5 Å². The van der Waals surface area contributed by atoms with Crippen molar-refractivity contribution in [1.29, 1.82) is 0 Å². The first-order valence-corrected chi connectivity index (χ1v) is 7.90. The summed E-state index contributed by atoms with van der Waals surface area (Å²) < 4.78 is 11.1. The Bertz CT molecular complexity index is 467. The van der Waals surface area contributed by atoms with Gasteiger partial charge in [0.2, 0.25) is 5.91 Å². The standard InChI is InChI=1S/C17H25NO3/c1-3-20-15-10-9-13(11-16(15)21-4-2)12-18-17(19)14-7-5-6-8-14/h9-11,14H,3-8,12H2,1-2H3,(H,18,19).